The minimum Gasteiger partial charge on any atom is -0.509 e. The quantitative estimate of drug-likeness (QED) is 0.650. The fourth-order valence-electron chi connectivity index (χ4n) is 3.43. The summed E-state index contributed by atoms with van der Waals surface area (Å²) in [5, 5.41) is 19.3. The van der Waals surface area contributed by atoms with Crippen LogP contribution in [0.25, 0.3) is 16.6 Å². The predicted molar refractivity (Wildman–Crippen MR) is 108 cm³/mol. The summed E-state index contributed by atoms with van der Waals surface area (Å²) in [6.45, 7) is 6.29. The molecule has 0 radical (unpaired) electrons. The predicted octanol–water partition coefficient (Wildman–Crippen LogP) is 4.26. The number of H-pyrrole nitrogens is 1. The zero-order valence-electron chi connectivity index (χ0n) is 15.8. The summed E-state index contributed by atoms with van der Waals surface area (Å²) in [7, 11) is 1.60. The molecular weight excluding hydrogens is 340 g/mol. The van der Waals surface area contributed by atoms with Crippen LogP contribution in [0.3, 0.4) is 0 Å². The van der Waals surface area contributed by atoms with Gasteiger partial charge in [0.2, 0.25) is 0 Å². The van der Waals surface area contributed by atoms with E-state index in [4.69, 9.17) is 10.1 Å². The van der Waals surface area contributed by atoms with Gasteiger partial charge in [-0.2, -0.15) is 0 Å². The van der Waals surface area contributed by atoms with Crippen LogP contribution in [0, 0.1) is 26.2 Å². The summed E-state index contributed by atoms with van der Waals surface area (Å²) in [6.07, 6.45) is 0. The van der Waals surface area contributed by atoms with Gasteiger partial charge in [0, 0.05) is 0 Å². The lowest BCUT2D eigenvalue weighted by Gasteiger charge is -2.21. The van der Waals surface area contributed by atoms with Crippen LogP contribution >= 0.6 is 0 Å². The topological polar surface area (TPSA) is 85.2 Å². The van der Waals surface area contributed by atoms with E-state index < -0.39 is 0 Å². The number of amidine groups is 1. The number of aromatic amines is 1. The number of rotatable bonds is 3. The van der Waals surface area contributed by atoms with Crippen molar-refractivity contribution in [3.05, 3.63) is 58.6 Å². The molecule has 0 atom stereocenters. The van der Waals surface area contributed by atoms with Gasteiger partial charge in [-0.05, 0) is 61.7 Å². The van der Waals surface area contributed by atoms with Gasteiger partial charge in [-0.3, -0.25) is 5.41 Å². The van der Waals surface area contributed by atoms with Crippen molar-refractivity contribution in [2.75, 3.05) is 18.6 Å². The van der Waals surface area contributed by atoms with Crippen LogP contribution in [0.2, 0.25) is 0 Å². The number of benzene rings is 2. The van der Waals surface area contributed by atoms with Crippen LogP contribution in [-0.2, 0) is 0 Å². The van der Waals surface area contributed by atoms with E-state index in [0.717, 1.165) is 27.8 Å². The zero-order chi connectivity index (χ0) is 19.3. The maximum Gasteiger partial charge on any atom is 0.145 e. The first-order valence-corrected chi connectivity index (χ1v) is 8.79. The van der Waals surface area contributed by atoms with E-state index in [1.54, 1.807) is 12.0 Å². The number of imidazole rings is 1. The average Bonchev–Trinajstić information content (AvgIpc) is 3.15. The molecule has 1 aliphatic heterocycles. The molecule has 6 heteroatoms. The molecule has 1 aliphatic rings. The molecule has 2 aromatic carbocycles. The molecule has 27 heavy (non-hydrogen) atoms. The lowest BCUT2D eigenvalue weighted by atomic mass is 10.1. The van der Waals surface area contributed by atoms with Crippen molar-refractivity contribution in [1.82, 2.24) is 9.97 Å². The Kier molecular flexibility index (Phi) is 3.91. The maximum absolute atomic E-state index is 10.6. The number of ether oxygens (including phenoxy) is 1. The van der Waals surface area contributed by atoms with E-state index in [0.29, 0.717) is 17.1 Å². The summed E-state index contributed by atoms with van der Waals surface area (Å²) < 4.78 is 5.45. The minimum atomic E-state index is 0.121. The molecule has 0 spiro atoms. The van der Waals surface area contributed by atoms with Crippen molar-refractivity contribution >= 4 is 28.1 Å². The minimum absolute atomic E-state index is 0.121. The van der Waals surface area contributed by atoms with Gasteiger partial charge >= 0.3 is 0 Å². The van der Waals surface area contributed by atoms with Gasteiger partial charge in [-0.1, -0.05) is 6.07 Å². The first kappa shape index (κ1) is 17.1. The summed E-state index contributed by atoms with van der Waals surface area (Å²) >= 11 is 0. The standard InChI is InChI=1S/C21H22N4O2/c1-11-5-6-18(27-4)16(7-11)25-10-17(26)19(20(25)22)21-23-14-8-12(2)13(3)9-15(14)24-21/h5-9,22,26H,10H2,1-4H3,(H,23,24). The van der Waals surface area contributed by atoms with E-state index in [9.17, 15) is 5.11 Å². The van der Waals surface area contributed by atoms with Crippen molar-refractivity contribution in [3.8, 4) is 5.75 Å². The van der Waals surface area contributed by atoms with Gasteiger partial charge in [0.1, 0.15) is 23.2 Å². The number of fused-ring (bicyclic) bond motifs is 1. The Hall–Kier alpha value is -3.28. The number of aryl methyl sites for hydroxylation is 3. The monoisotopic (exact) mass is 362 g/mol. The Morgan fingerprint density at radius 3 is 2.63 bits per heavy atom. The molecule has 3 N–H and O–H groups in total. The molecule has 0 unspecified atom stereocenters. The SMILES string of the molecule is COc1ccc(C)cc1N1CC(O)=C(c2nc3cc(C)c(C)cc3[nH]2)C1=N. The molecular formula is C21H22N4O2. The molecule has 2 heterocycles. The highest BCUT2D eigenvalue weighted by molar-refractivity contribution is 6.30. The second kappa shape index (κ2) is 6.16. The van der Waals surface area contributed by atoms with E-state index in [1.807, 2.05) is 44.2 Å². The first-order valence-electron chi connectivity index (χ1n) is 8.79. The molecule has 138 valence electrons. The van der Waals surface area contributed by atoms with Crippen molar-refractivity contribution < 1.29 is 9.84 Å². The highest BCUT2D eigenvalue weighted by Crippen LogP contribution is 2.36. The second-order valence-electron chi connectivity index (χ2n) is 6.97. The molecule has 0 bridgehead atoms. The fourth-order valence-corrected chi connectivity index (χ4v) is 3.43. The van der Waals surface area contributed by atoms with Crippen molar-refractivity contribution in [3.63, 3.8) is 0 Å². The van der Waals surface area contributed by atoms with E-state index in [-0.39, 0.29) is 18.1 Å². The number of aliphatic hydroxyl groups excluding tert-OH is 1. The smallest absolute Gasteiger partial charge is 0.145 e. The Morgan fingerprint density at radius 1 is 1.15 bits per heavy atom. The van der Waals surface area contributed by atoms with Gasteiger partial charge in [-0.15, -0.1) is 0 Å². The largest absolute Gasteiger partial charge is 0.509 e. The van der Waals surface area contributed by atoms with Crippen molar-refractivity contribution in [2.24, 2.45) is 0 Å². The normalized spacial score (nSPS) is 14.5. The van der Waals surface area contributed by atoms with Gasteiger partial charge in [0.05, 0.1) is 35.9 Å². The maximum atomic E-state index is 10.6. The third-order valence-electron chi connectivity index (χ3n) is 5.06. The Labute approximate surface area is 157 Å². The number of nitrogens with one attached hydrogen (secondary N) is 2. The van der Waals surface area contributed by atoms with Crippen LogP contribution in [-0.4, -0.2) is 34.6 Å². The second-order valence-corrected chi connectivity index (χ2v) is 6.97. The zero-order valence-corrected chi connectivity index (χ0v) is 15.8. The number of methoxy groups -OCH3 is 1. The van der Waals surface area contributed by atoms with Gasteiger partial charge < -0.3 is 19.7 Å². The number of hydrogen-bond donors (Lipinski definition) is 3. The first-order chi connectivity index (χ1) is 12.9. The van der Waals surface area contributed by atoms with Crippen LogP contribution < -0.4 is 9.64 Å². The third kappa shape index (κ3) is 2.73. The summed E-state index contributed by atoms with van der Waals surface area (Å²) in [6, 6.07) is 9.84. The molecule has 6 nitrogen and oxygen atoms in total. The van der Waals surface area contributed by atoms with Gasteiger partial charge in [0.15, 0.2) is 0 Å². The number of hydrogen-bond acceptors (Lipinski definition) is 4. The molecule has 1 aromatic heterocycles. The molecule has 0 aliphatic carbocycles. The number of nitrogens with zero attached hydrogens (tertiary/aromatic N) is 2. The van der Waals surface area contributed by atoms with Crippen molar-refractivity contribution in [2.45, 2.75) is 20.8 Å². The Morgan fingerprint density at radius 2 is 1.89 bits per heavy atom. The van der Waals surface area contributed by atoms with Crippen LogP contribution in [0.4, 0.5) is 5.69 Å². The van der Waals surface area contributed by atoms with Crippen LogP contribution in [0.5, 0.6) is 5.75 Å². The third-order valence-corrected chi connectivity index (χ3v) is 5.06. The van der Waals surface area contributed by atoms with E-state index >= 15 is 0 Å². The van der Waals surface area contributed by atoms with Gasteiger partial charge in [0.25, 0.3) is 0 Å². The summed E-state index contributed by atoms with van der Waals surface area (Å²) in [4.78, 5) is 9.60. The van der Waals surface area contributed by atoms with Gasteiger partial charge in [-0.25, -0.2) is 4.98 Å². The summed E-state index contributed by atoms with van der Waals surface area (Å²) in [5.74, 6) is 1.49. The highest BCUT2D eigenvalue weighted by Gasteiger charge is 2.32. The molecule has 0 saturated carbocycles. The number of anilines is 1. The number of aromatic nitrogens is 2. The average molecular weight is 362 g/mol. The molecule has 3 aromatic rings. The van der Waals surface area contributed by atoms with E-state index in [2.05, 4.69) is 16.9 Å². The lowest BCUT2D eigenvalue weighted by Crippen LogP contribution is -2.26. The fraction of sp³-hybridized carbons (Fsp3) is 0.238. The Balaban J connectivity index is 1.76. The molecule has 0 amide bonds. The Bertz CT molecular complexity index is 1070. The molecule has 0 saturated heterocycles. The summed E-state index contributed by atoms with van der Waals surface area (Å²) in [5.41, 5.74) is 6.29. The molecule has 0 fully saturated rings. The number of aliphatic hydroxyl groups is 1. The lowest BCUT2D eigenvalue weighted by molar-refractivity contribution is 0.406. The van der Waals surface area contributed by atoms with E-state index in [1.165, 1.54) is 5.56 Å². The van der Waals surface area contributed by atoms with Crippen molar-refractivity contribution in [1.29, 1.82) is 5.41 Å². The van der Waals surface area contributed by atoms with Crippen LogP contribution in [0.15, 0.2) is 36.1 Å². The molecule has 4 rings (SSSR count). The van der Waals surface area contributed by atoms with Crippen LogP contribution in [0.1, 0.15) is 22.5 Å². The highest BCUT2D eigenvalue weighted by atomic mass is 16.5.